The molecular weight excluding hydrogens is 404 g/mol. The number of piperazine rings is 1. The molecule has 154 valence electrons. The Balaban J connectivity index is 0.00000225. The van der Waals surface area contributed by atoms with Crippen molar-refractivity contribution >= 4 is 35.8 Å². The van der Waals surface area contributed by atoms with E-state index in [1.807, 2.05) is 4.90 Å². The fourth-order valence-corrected chi connectivity index (χ4v) is 5.09. The van der Waals surface area contributed by atoms with Crippen molar-refractivity contribution in [2.24, 2.45) is 11.3 Å². The van der Waals surface area contributed by atoms with Crippen LogP contribution in [0.4, 0.5) is 4.39 Å². The van der Waals surface area contributed by atoms with Gasteiger partial charge in [-0.1, -0.05) is 24.4 Å². The molecule has 0 unspecified atom stereocenters. The van der Waals surface area contributed by atoms with Gasteiger partial charge < -0.3 is 15.1 Å². The summed E-state index contributed by atoms with van der Waals surface area (Å²) in [5, 5.41) is 3.69. The lowest BCUT2D eigenvalue weighted by atomic mass is 9.67. The number of halogens is 3. The summed E-state index contributed by atoms with van der Waals surface area (Å²) in [6.07, 6.45) is 4.39. The average molecular weight is 430 g/mol. The summed E-state index contributed by atoms with van der Waals surface area (Å²) in [4.78, 5) is 29.5. The summed E-state index contributed by atoms with van der Waals surface area (Å²) in [7, 11) is 0. The van der Waals surface area contributed by atoms with Gasteiger partial charge in [-0.2, -0.15) is 0 Å². The van der Waals surface area contributed by atoms with Crippen LogP contribution < -0.4 is 5.32 Å². The van der Waals surface area contributed by atoms with Crippen molar-refractivity contribution in [2.45, 2.75) is 25.7 Å². The Labute approximate surface area is 176 Å². The summed E-state index contributed by atoms with van der Waals surface area (Å²) in [5.41, 5.74) is -0.225. The van der Waals surface area contributed by atoms with Gasteiger partial charge in [0.15, 0.2) is 0 Å². The maximum atomic E-state index is 14.0. The molecule has 0 radical (unpaired) electrons. The molecule has 1 aliphatic carbocycles. The molecule has 0 aromatic heterocycles. The van der Waals surface area contributed by atoms with Crippen LogP contribution in [0.2, 0.25) is 5.02 Å². The molecule has 0 bridgehead atoms. The number of carbonyl (C=O) groups is 2. The van der Waals surface area contributed by atoms with Crippen LogP contribution in [0.3, 0.4) is 0 Å². The summed E-state index contributed by atoms with van der Waals surface area (Å²) in [6.45, 7) is 3.58. The second-order valence-electron chi connectivity index (χ2n) is 7.94. The van der Waals surface area contributed by atoms with Crippen molar-refractivity contribution in [1.82, 2.24) is 15.1 Å². The van der Waals surface area contributed by atoms with E-state index >= 15 is 0 Å². The highest BCUT2D eigenvalue weighted by Gasteiger charge is 2.51. The van der Waals surface area contributed by atoms with Crippen LogP contribution in [-0.4, -0.2) is 60.9 Å². The number of fused-ring (bicyclic) bond motifs is 1. The van der Waals surface area contributed by atoms with Gasteiger partial charge in [0, 0.05) is 37.7 Å². The van der Waals surface area contributed by atoms with Gasteiger partial charge in [-0.05, 0) is 43.5 Å². The number of rotatable bonds is 2. The van der Waals surface area contributed by atoms with E-state index in [1.54, 1.807) is 4.90 Å². The molecule has 3 aliphatic rings. The predicted molar refractivity (Wildman–Crippen MR) is 108 cm³/mol. The average Bonchev–Trinajstić information content (AvgIpc) is 3.12. The summed E-state index contributed by atoms with van der Waals surface area (Å²) < 4.78 is 14.0. The molecule has 1 aromatic carbocycles. The lowest BCUT2D eigenvalue weighted by molar-refractivity contribution is -0.146. The standard InChI is InChI=1S/C20H25ClFN3O2.ClH/c21-15-4-5-16(17(22)11-15)18(26)24-7-9-25(10-8-24)19(27)20-6-2-1-3-14(20)12-23-13-20;/h4-5,11,14,23H,1-3,6-10,12-13H2;1H/t14-,20+;/m0./s1. The zero-order valence-corrected chi connectivity index (χ0v) is 17.3. The number of carbonyl (C=O) groups excluding carboxylic acids is 2. The van der Waals surface area contributed by atoms with E-state index in [0.29, 0.717) is 32.1 Å². The fraction of sp³-hybridized carbons (Fsp3) is 0.600. The second-order valence-corrected chi connectivity index (χ2v) is 8.37. The molecule has 2 aliphatic heterocycles. The topological polar surface area (TPSA) is 52.7 Å². The van der Waals surface area contributed by atoms with Crippen molar-refractivity contribution in [2.75, 3.05) is 39.3 Å². The Morgan fingerprint density at radius 1 is 1.14 bits per heavy atom. The van der Waals surface area contributed by atoms with Crippen molar-refractivity contribution in [3.8, 4) is 0 Å². The number of amides is 2. The maximum Gasteiger partial charge on any atom is 0.256 e. The lowest BCUT2D eigenvalue weighted by Gasteiger charge is -2.43. The van der Waals surface area contributed by atoms with E-state index in [9.17, 15) is 14.0 Å². The number of benzene rings is 1. The van der Waals surface area contributed by atoms with E-state index in [1.165, 1.54) is 18.6 Å². The SMILES string of the molecule is Cl.O=C(c1ccc(Cl)cc1F)N1CCN(C(=O)[C@@]23CCCC[C@H]2CNC3)CC1. The van der Waals surface area contributed by atoms with Crippen molar-refractivity contribution in [3.63, 3.8) is 0 Å². The molecular formula is C20H26Cl2FN3O2. The minimum Gasteiger partial charge on any atom is -0.339 e. The highest BCUT2D eigenvalue weighted by Crippen LogP contribution is 2.45. The molecule has 0 spiro atoms. The minimum atomic E-state index is -0.605. The molecule has 2 heterocycles. The molecule has 4 rings (SSSR count). The first kappa shape index (κ1) is 21.3. The molecule has 2 atom stereocenters. The molecule has 28 heavy (non-hydrogen) atoms. The summed E-state index contributed by atoms with van der Waals surface area (Å²) in [5.74, 6) is -0.275. The molecule has 1 N–H and O–H groups in total. The van der Waals surface area contributed by atoms with Crippen LogP contribution in [-0.2, 0) is 4.79 Å². The fourth-order valence-electron chi connectivity index (χ4n) is 4.93. The largest absolute Gasteiger partial charge is 0.339 e. The van der Waals surface area contributed by atoms with E-state index in [0.717, 1.165) is 38.4 Å². The smallest absolute Gasteiger partial charge is 0.256 e. The molecule has 5 nitrogen and oxygen atoms in total. The lowest BCUT2D eigenvalue weighted by Crippen LogP contribution is -2.56. The van der Waals surface area contributed by atoms with Crippen LogP contribution in [0, 0.1) is 17.2 Å². The van der Waals surface area contributed by atoms with Crippen molar-refractivity contribution in [1.29, 1.82) is 0 Å². The molecule has 2 amide bonds. The number of nitrogens with one attached hydrogen (secondary N) is 1. The molecule has 1 aromatic rings. The van der Waals surface area contributed by atoms with Crippen LogP contribution >= 0.6 is 24.0 Å². The molecule has 8 heteroatoms. The zero-order chi connectivity index (χ0) is 19.0. The van der Waals surface area contributed by atoms with Crippen LogP contribution in [0.25, 0.3) is 0 Å². The van der Waals surface area contributed by atoms with Gasteiger partial charge in [0.1, 0.15) is 5.82 Å². The number of nitrogens with zero attached hydrogens (tertiary/aromatic N) is 2. The van der Waals surface area contributed by atoms with Crippen molar-refractivity contribution in [3.05, 3.63) is 34.6 Å². The van der Waals surface area contributed by atoms with Gasteiger partial charge in [-0.25, -0.2) is 4.39 Å². The summed E-state index contributed by atoms with van der Waals surface area (Å²) >= 11 is 5.76. The number of hydrogen-bond donors (Lipinski definition) is 1. The van der Waals surface area contributed by atoms with Gasteiger partial charge in [0.2, 0.25) is 5.91 Å². The van der Waals surface area contributed by atoms with Gasteiger partial charge in [-0.3, -0.25) is 9.59 Å². The van der Waals surface area contributed by atoms with Gasteiger partial charge in [0.25, 0.3) is 5.91 Å². The van der Waals surface area contributed by atoms with E-state index in [-0.39, 0.29) is 40.2 Å². The molecule has 1 saturated carbocycles. The van der Waals surface area contributed by atoms with Crippen LogP contribution in [0.5, 0.6) is 0 Å². The van der Waals surface area contributed by atoms with E-state index in [2.05, 4.69) is 5.32 Å². The maximum absolute atomic E-state index is 14.0. The van der Waals surface area contributed by atoms with E-state index in [4.69, 9.17) is 11.6 Å². The third kappa shape index (κ3) is 3.74. The van der Waals surface area contributed by atoms with Gasteiger partial charge in [-0.15, -0.1) is 12.4 Å². The van der Waals surface area contributed by atoms with Gasteiger partial charge in [0.05, 0.1) is 11.0 Å². The van der Waals surface area contributed by atoms with E-state index < -0.39 is 5.82 Å². The van der Waals surface area contributed by atoms with Crippen LogP contribution in [0.1, 0.15) is 36.0 Å². The Morgan fingerprint density at radius 3 is 2.57 bits per heavy atom. The normalized spacial score (nSPS) is 27.1. The summed E-state index contributed by atoms with van der Waals surface area (Å²) in [6, 6.07) is 4.10. The highest BCUT2D eigenvalue weighted by atomic mass is 35.5. The van der Waals surface area contributed by atoms with Crippen molar-refractivity contribution < 1.29 is 14.0 Å². The van der Waals surface area contributed by atoms with Crippen LogP contribution in [0.15, 0.2) is 18.2 Å². The first-order valence-electron chi connectivity index (χ1n) is 9.76. The first-order valence-corrected chi connectivity index (χ1v) is 10.1. The first-order chi connectivity index (χ1) is 13.0. The minimum absolute atomic E-state index is 0. The molecule has 2 saturated heterocycles. The zero-order valence-electron chi connectivity index (χ0n) is 15.8. The number of hydrogen-bond acceptors (Lipinski definition) is 3. The monoisotopic (exact) mass is 429 g/mol. The Kier molecular flexibility index (Phi) is 6.52. The third-order valence-electron chi connectivity index (χ3n) is 6.48. The highest BCUT2D eigenvalue weighted by molar-refractivity contribution is 6.30. The third-order valence-corrected chi connectivity index (χ3v) is 6.71. The Hall–Kier alpha value is -1.37. The Morgan fingerprint density at radius 2 is 1.86 bits per heavy atom. The van der Waals surface area contributed by atoms with Gasteiger partial charge >= 0.3 is 0 Å². The quantitative estimate of drug-likeness (QED) is 0.785. The predicted octanol–water partition coefficient (Wildman–Crippen LogP) is 2.97. The Bertz CT molecular complexity index is 755. The molecule has 3 fully saturated rings. The second kappa shape index (κ2) is 8.56.